The molecule has 0 saturated heterocycles. The van der Waals surface area contributed by atoms with Gasteiger partial charge in [0.15, 0.2) is 6.61 Å². The van der Waals surface area contributed by atoms with E-state index in [0.717, 1.165) is 19.3 Å². The molecule has 1 unspecified atom stereocenters. The molecule has 5 heteroatoms. The van der Waals surface area contributed by atoms with Crippen LogP contribution in [0, 0.1) is 0 Å². The minimum atomic E-state index is -0.177. The van der Waals surface area contributed by atoms with E-state index in [4.69, 9.17) is 4.74 Å². The average Bonchev–Trinajstić information content (AvgIpc) is 2.65. The van der Waals surface area contributed by atoms with Crippen LogP contribution >= 0.6 is 0 Å². The highest BCUT2D eigenvalue weighted by atomic mass is 16.5. The van der Waals surface area contributed by atoms with Crippen LogP contribution in [0.1, 0.15) is 36.9 Å². The van der Waals surface area contributed by atoms with Crippen molar-refractivity contribution in [2.45, 2.75) is 32.2 Å². The van der Waals surface area contributed by atoms with Gasteiger partial charge in [-0.1, -0.05) is 36.4 Å². The first-order valence-electron chi connectivity index (χ1n) is 8.89. The number of hydrogen-bond donors (Lipinski definition) is 1. The van der Waals surface area contributed by atoms with Gasteiger partial charge in [0.2, 0.25) is 5.91 Å². The second kappa shape index (κ2) is 8.04. The van der Waals surface area contributed by atoms with Crippen molar-refractivity contribution in [2.24, 2.45) is 0 Å². The van der Waals surface area contributed by atoms with Gasteiger partial charge in [0.05, 0.1) is 11.7 Å². The normalized spacial score (nSPS) is 15.7. The lowest BCUT2D eigenvalue weighted by Gasteiger charge is -2.33. The Bertz CT molecular complexity index is 803. The Morgan fingerprint density at radius 1 is 1.15 bits per heavy atom. The number of carbonyl (C=O) groups is 2. The quantitative estimate of drug-likeness (QED) is 0.895. The van der Waals surface area contributed by atoms with Gasteiger partial charge in [0.1, 0.15) is 5.75 Å². The van der Waals surface area contributed by atoms with Crippen molar-refractivity contribution in [3.8, 4) is 5.75 Å². The number of ether oxygens (including phenoxy) is 1. The van der Waals surface area contributed by atoms with Crippen molar-refractivity contribution >= 4 is 17.5 Å². The fourth-order valence-corrected chi connectivity index (χ4v) is 3.43. The summed E-state index contributed by atoms with van der Waals surface area (Å²) in [7, 11) is 1.83. The van der Waals surface area contributed by atoms with Crippen LogP contribution in [0.25, 0.3) is 0 Å². The van der Waals surface area contributed by atoms with Crippen molar-refractivity contribution in [1.82, 2.24) is 4.90 Å². The average molecular weight is 352 g/mol. The molecular formula is C21H24N2O3. The molecule has 0 fully saturated rings. The second-order valence-corrected chi connectivity index (χ2v) is 6.58. The first-order chi connectivity index (χ1) is 12.6. The lowest BCUT2D eigenvalue weighted by Crippen LogP contribution is -2.36. The Kier molecular flexibility index (Phi) is 5.56. The lowest BCUT2D eigenvalue weighted by molar-refractivity contribution is -0.134. The number of carbonyl (C=O) groups excluding carboxylic acids is 2. The Morgan fingerprint density at radius 2 is 1.88 bits per heavy atom. The van der Waals surface area contributed by atoms with Crippen LogP contribution in [0.4, 0.5) is 5.69 Å². The lowest BCUT2D eigenvalue weighted by atomic mass is 9.87. The van der Waals surface area contributed by atoms with Crippen molar-refractivity contribution in [2.75, 3.05) is 19.0 Å². The van der Waals surface area contributed by atoms with Gasteiger partial charge in [0, 0.05) is 14.0 Å². The number of nitrogens with zero attached hydrogens (tertiary/aromatic N) is 1. The van der Waals surface area contributed by atoms with Gasteiger partial charge in [-0.15, -0.1) is 0 Å². The summed E-state index contributed by atoms with van der Waals surface area (Å²) in [6, 6.07) is 15.5. The Balaban J connectivity index is 1.67. The number of anilines is 1. The number of rotatable bonds is 5. The van der Waals surface area contributed by atoms with Crippen molar-refractivity contribution in [1.29, 1.82) is 0 Å². The zero-order chi connectivity index (χ0) is 18.5. The van der Waals surface area contributed by atoms with E-state index >= 15 is 0 Å². The van der Waals surface area contributed by atoms with Crippen molar-refractivity contribution < 1.29 is 14.3 Å². The van der Waals surface area contributed by atoms with Gasteiger partial charge in [-0.2, -0.15) is 0 Å². The molecular weight excluding hydrogens is 328 g/mol. The third-order valence-electron chi connectivity index (χ3n) is 4.75. The van der Waals surface area contributed by atoms with E-state index in [2.05, 4.69) is 17.4 Å². The molecule has 0 saturated carbocycles. The molecule has 1 N–H and O–H groups in total. The van der Waals surface area contributed by atoms with Crippen LogP contribution in [0.2, 0.25) is 0 Å². The predicted molar refractivity (Wildman–Crippen MR) is 101 cm³/mol. The fourth-order valence-electron chi connectivity index (χ4n) is 3.43. The number of likely N-dealkylation sites (N-methyl/N-ethyl adjacent to an activating group) is 1. The highest BCUT2D eigenvalue weighted by Crippen LogP contribution is 2.33. The summed E-state index contributed by atoms with van der Waals surface area (Å²) in [6.07, 6.45) is 3.10. The molecule has 0 heterocycles. The minimum Gasteiger partial charge on any atom is -0.482 e. The molecule has 1 aliphatic carbocycles. The molecule has 0 bridgehead atoms. The van der Waals surface area contributed by atoms with Gasteiger partial charge in [-0.3, -0.25) is 9.59 Å². The highest BCUT2D eigenvalue weighted by molar-refractivity contribution is 5.90. The summed E-state index contributed by atoms with van der Waals surface area (Å²) in [5, 5.41) is 2.71. The first-order valence-corrected chi connectivity index (χ1v) is 8.89. The number of benzene rings is 2. The zero-order valence-electron chi connectivity index (χ0n) is 15.2. The standard InChI is InChI=1S/C21H24N2O3/c1-15(24)22-18-11-5-6-13-20(18)26-14-21(25)23(2)19-12-7-9-16-8-3-4-10-17(16)19/h3-6,8,10-11,13,19H,7,9,12,14H2,1-2H3,(H,22,24). The second-order valence-electron chi connectivity index (χ2n) is 6.58. The predicted octanol–water partition coefficient (Wildman–Crippen LogP) is 3.56. The van der Waals surface area contributed by atoms with Crippen molar-refractivity contribution in [3.63, 3.8) is 0 Å². The number of hydrogen-bond acceptors (Lipinski definition) is 3. The summed E-state index contributed by atoms with van der Waals surface area (Å²) < 4.78 is 5.69. The summed E-state index contributed by atoms with van der Waals surface area (Å²) in [5.41, 5.74) is 3.12. The van der Waals surface area contributed by atoms with E-state index < -0.39 is 0 Å². The van der Waals surface area contributed by atoms with Gasteiger partial charge < -0.3 is 15.0 Å². The van der Waals surface area contributed by atoms with E-state index in [1.165, 1.54) is 18.1 Å². The van der Waals surface area contributed by atoms with Gasteiger partial charge >= 0.3 is 0 Å². The minimum absolute atomic E-state index is 0.0637. The molecule has 1 atom stereocenters. The van der Waals surface area contributed by atoms with Crippen molar-refractivity contribution in [3.05, 3.63) is 59.7 Å². The van der Waals surface area contributed by atoms with E-state index in [1.807, 2.05) is 31.3 Å². The molecule has 0 spiro atoms. The molecule has 2 aromatic rings. The van der Waals surface area contributed by atoms with Crippen LogP contribution in [0.3, 0.4) is 0 Å². The van der Waals surface area contributed by atoms with Gasteiger partial charge in [0.25, 0.3) is 5.91 Å². The smallest absolute Gasteiger partial charge is 0.260 e. The third-order valence-corrected chi connectivity index (χ3v) is 4.75. The largest absolute Gasteiger partial charge is 0.482 e. The maximum Gasteiger partial charge on any atom is 0.260 e. The summed E-state index contributed by atoms with van der Waals surface area (Å²) in [4.78, 5) is 25.7. The maximum absolute atomic E-state index is 12.7. The zero-order valence-corrected chi connectivity index (χ0v) is 15.2. The Labute approximate surface area is 154 Å². The fraction of sp³-hybridized carbons (Fsp3) is 0.333. The highest BCUT2D eigenvalue weighted by Gasteiger charge is 2.26. The maximum atomic E-state index is 12.7. The first kappa shape index (κ1) is 18.0. The molecule has 26 heavy (non-hydrogen) atoms. The van der Waals surface area contributed by atoms with Gasteiger partial charge in [-0.05, 0) is 42.5 Å². The summed E-state index contributed by atoms with van der Waals surface area (Å²) in [6.45, 7) is 1.38. The van der Waals surface area contributed by atoms with Crippen LogP contribution in [-0.4, -0.2) is 30.4 Å². The van der Waals surface area contributed by atoms with E-state index in [0.29, 0.717) is 11.4 Å². The SMILES string of the molecule is CC(=O)Nc1ccccc1OCC(=O)N(C)C1CCCc2ccccc21. The van der Waals surface area contributed by atoms with E-state index in [9.17, 15) is 9.59 Å². The number of para-hydroxylation sites is 2. The number of fused-ring (bicyclic) bond motifs is 1. The molecule has 2 aromatic carbocycles. The van der Waals surface area contributed by atoms with Crippen LogP contribution in [0.5, 0.6) is 5.75 Å². The Hall–Kier alpha value is -2.82. The molecule has 136 valence electrons. The van der Waals surface area contributed by atoms with Crippen LogP contribution in [0.15, 0.2) is 48.5 Å². The molecule has 5 nitrogen and oxygen atoms in total. The monoisotopic (exact) mass is 352 g/mol. The molecule has 0 aromatic heterocycles. The molecule has 1 aliphatic rings. The molecule has 2 amide bonds. The molecule has 0 radical (unpaired) electrons. The van der Waals surface area contributed by atoms with Gasteiger partial charge in [-0.25, -0.2) is 0 Å². The molecule has 3 rings (SSSR count). The van der Waals surface area contributed by atoms with E-state index in [-0.39, 0.29) is 24.5 Å². The summed E-state index contributed by atoms with van der Waals surface area (Å²) in [5.74, 6) is 0.237. The van der Waals surface area contributed by atoms with Crippen LogP contribution < -0.4 is 10.1 Å². The summed E-state index contributed by atoms with van der Waals surface area (Å²) >= 11 is 0. The molecule has 0 aliphatic heterocycles. The number of amides is 2. The number of nitrogens with one attached hydrogen (secondary N) is 1. The topological polar surface area (TPSA) is 58.6 Å². The number of aryl methyl sites for hydroxylation is 1. The third kappa shape index (κ3) is 4.04. The van der Waals surface area contributed by atoms with E-state index in [1.54, 1.807) is 17.0 Å². The van der Waals surface area contributed by atoms with Crippen LogP contribution in [-0.2, 0) is 16.0 Å². The Morgan fingerprint density at radius 3 is 2.69 bits per heavy atom.